The Hall–Kier alpha value is -3.43. The van der Waals surface area contributed by atoms with Crippen LogP contribution >= 0.6 is 0 Å². The molecular weight excluding hydrogens is 452 g/mol. The van der Waals surface area contributed by atoms with Crippen LogP contribution in [0.15, 0.2) is 91.0 Å². The summed E-state index contributed by atoms with van der Waals surface area (Å²) in [6.45, 7) is 8.87. The lowest BCUT2D eigenvalue weighted by Gasteiger charge is -2.31. The van der Waals surface area contributed by atoms with E-state index >= 15 is 0 Å². The van der Waals surface area contributed by atoms with Gasteiger partial charge in [0.2, 0.25) is 0 Å². The molecule has 0 unspecified atom stereocenters. The zero-order chi connectivity index (χ0) is 25.4. The summed E-state index contributed by atoms with van der Waals surface area (Å²) in [6.07, 6.45) is 2.57. The van der Waals surface area contributed by atoms with Gasteiger partial charge in [-0.3, -0.25) is 9.69 Å². The molecule has 0 spiro atoms. The highest BCUT2D eigenvalue weighted by molar-refractivity contribution is 6.22. The summed E-state index contributed by atoms with van der Waals surface area (Å²) >= 11 is 0. The number of anilines is 1. The minimum Gasteiger partial charge on any atom is -0.370 e. The van der Waals surface area contributed by atoms with Crippen LogP contribution in [0, 0.1) is 0 Å². The minimum atomic E-state index is -0.601. The Morgan fingerprint density at radius 2 is 1.41 bits per heavy atom. The van der Waals surface area contributed by atoms with Gasteiger partial charge in [-0.1, -0.05) is 84.9 Å². The van der Waals surface area contributed by atoms with E-state index in [1.54, 1.807) is 0 Å². The summed E-state index contributed by atoms with van der Waals surface area (Å²) in [5.74, 6) is 0.264. The van der Waals surface area contributed by atoms with E-state index in [0.717, 1.165) is 38.2 Å². The minimum absolute atomic E-state index is 0.264. The zero-order valence-electron chi connectivity index (χ0n) is 22.0. The van der Waals surface area contributed by atoms with Gasteiger partial charge in [0.25, 0.3) is 0 Å². The topological polar surface area (TPSA) is 23.6 Å². The van der Waals surface area contributed by atoms with Gasteiger partial charge in [-0.05, 0) is 61.3 Å². The van der Waals surface area contributed by atoms with Crippen LogP contribution in [0.5, 0.6) is 0 Å². The SMILES string of the molecule is CC(C)N1CCCN(c2ccc3c4c(cccc24)C(=O)C3(Cc2ccccc2)Cc2ccccc2)CC1. The summed E-state index contributed by atoms with van der Waals surface area (Å²) < 4.78 is 0. The highest BCUT2D eigenvalue weighted by Crippen LogP contribution is 2.48. The number of Topliss-reactive ketones (excluding diaryl/α,β-unsaturated/α-hetero) is 1. The van der Waals surface area contributed by atoms with E-state index in [-0.39, 0.29) is 5.78 Å². The summed E-state index contributed by atoms with van der Waals surface area (Å²) in [5, 5.41) is 2.39. The van der Waals surface area contributed by atoms with Crippen LogP contribution in [0.1, 0.15) is 47.3 Å². The average Bonchev–Trinajstić information content (AvgIpc) is 3.08. The van der Waals surface area contributed by atoms with Crippen LogP contribution in [-0.4, -0.2) is 42.9 Å². The molecule has 188 valence electrons. The van der Waals surface area contributed by atoms with Crippen molar-refractivity contribution in [1.82, 2.24) is 4.90 Å². The first-order valence-electron chi connectivity index (χ1n) is 13.7. The fraction of sp³-hybridized carbons (Fsp3) is 0.324. The smallest absolute Gasteiger partial charge is 0.174 e. The number of benzene rings is 4. The quantitative estimate of drug-likeness (QED) is 0.302. The lowest BCUT2D eigenvalue weighted by Crippen LogP contribution is -2.37. The molecule has 0 radical (unpaired) electrons. The van der Waals surface area contributed by atoms with Crippen LogP contribution in [0.4, 0.5) is 5.69 Å². The van der Waals surface area contributed by atoms with E-state index in [9.17, 15) is 4.79 Å². The third-order valence-corrected chi connectivity index (χ3v) is 8.51. The van der Waals surface area contributed by atoms with Gasteiger partial charge in [-0.25, -0.2) is 0 Å². The van der Waals surface area contributed by atoms with Crippen molar-refractivity contribution < 1.29 is 4.79 Å². The zero-order valence-corrected chi connectivity index (χ0v) is 22.0. The number of hydrogen-bond donors (Lipinski definition) is 0. The maximum atomic E-state index is 14.4. The second kappa shape index (κ2) is 9.79. The number of carbonyl (C=O) groups excluding carboxylic acids is 1. The van der Waals surface area contributed by atoms with Crippen molar-refractivity contribution in [2.24, 2.45) is 0 Å². The first-order valence-corrected chi connectivity index (χ1v) is 13.7. The molecule has 2 aliphatic rings. The maximum Gasteiger partial charge on any atom is 0.174 e. The van der Waals surface area contributed by atoms with Crippen molar-refractivity contribution in [3.63, 3.8) is 0 Å². The Bertz CT molecular complexity index is 1370. The van der Waals surface area contributed by atoms with Crippen molar-refractivity contribution in [1.29, 1.82) is 0 Å². The molecule has 0 atom stereocenters. The van der Waals surface area contributed by atoms with E-state index in [1.807, 2.05) is 12.1 Å². The summed E-state index contributed by atoms with van der Waals surface area (Å²) in [5.41, 5.74) is 5.17. The molecule has 1 heterocycles. The monoisotopic (exact) mass is 488 g/mol. The molecule has 37 heavy (non-hydrogen) atoms. The molecule has 0 N–H and O–H groups in total. The van der Waals surface area contributed by atoms with Crippen molar-refractivity contribution in [2.45, 2.75) is 44.6 Å². The van der Waals surface area contributed by atoms with E-state index in [1.165, 1.54) is 33.2 Å². The Labute approximate surface area is 220 Å². The molecule has 1 saturated heterocycles. The lowest BCUT2D eigenvalue weighted by molar-refractivity contribution is 0.0892. The van der Waals surface area contributed by atoms with Gasteiger partial charge in [0.05, 0.1) is 5.41 Å². The highest BCUT2D eigenvalue weighted by Gasteiger charge is 2.47. The first kappa shape index (κ1) is 23.9. The largest absolute Gasteiger partial charge is 0.370 e. The standard InChI is InChI=1S/C34H36N2O/c1-25(2)35-19-10-20-36(22-21-35)31-18-17-30-32-28(31)15-9-16-29(32)33(37)34(30,23-26-11-5-3-6-12-26)24-27-13-7-4-8-14-27/h3-9,11-18,25H,10,19-24H2,1-2H3. The van der Waals surface area contributed by atoms with Gasteiger partial charge in [0, 0.05) is 48.9 Å². The molecule has 3 heteroatoms. The summed E-state index contributed by atoms with van der Waals surface area (Å²) in [6, 6.07) is 32.6. The molecule has 1 aliphatic heterocycles. The molecule has 0 aromatic heterocycles. The molecular formula is C34H36N2O. The van der Waals surface area contributed by atoms with Crippen LogP contribution in [0.2, 0.25) is 0 Å². The molecule has 0 bridgehead atoms. The van der Waals surface area contributed by atoms with Crippen LogP contribution in [0.3, 0.4) is 0 Å². The van der Waals surface area contributed by atoms with Gasteiger partial charge in [0.1, 0.15) is 0 Å². The van der Waals surface area contributed by atoms with Gasteiger partial charge in [-0.15, -0.1) is 0 Å². The number of hydrogen-bond acceptors (Lipinski definition) is 3. The van der Waals surface area contributed by atoms with Gasteiger partial charge < -0.3 is 4.90 Å². The Morgan fingerprint density at radius 1 is 0.730 bits per heavy atom. The molecule has 0 amide bonds. The number of nitrogens with zero attached hydrogens (tertiary/aromatic N) is 2. The Balaban J connectivity index is 1.47. The van der Waals surface area contributed by atoms with Crippen molar-refractivity contribution >= 4 is 22.2 Å². The van der Waals surface area contributed by atoms with Crippen molar-refractivity contribution in [3.8, 4) is 0 Å². The average molecular weight is 489 g/mol. The maximum absolute atomic E-state index is 14.4. The predicted octanol–water partition coefficient (Wildman–Crippen LogP) is 6.68. The van der Waals surface area contributed by atoms with Crippen molar-refractivity contribution in [3.05, 3.63) is 113 Å². The van der Waals surface area contributed by atoms with Gasteiger partial charge in [-0.2, -0.15) is 0 Å². The van der Waals surface area contributed by atoms with Crippen LogP contribution in [-0.2, 0) is 18.3 Å². The van der Waals surface area contributed by atoms with Crippen molar-refractivity contribution in [2.75, 3.05) is 31.1 Å². The summed E-state index contributed by atoms with van der Waals surface area (Å²) in [7, 11) is 0. The van der Waals surface area contributed by atoms with Crippen LogP contribution < -0.4 is 4.90 Å². The molecule has 4 aromatic carbocycles. The Kier molecular flexibility index (Phi) is 6.34. The van der Waals surface area contributed by atoms with Crippen LogP contribution in [0.25, 0.3) is 10.8 Å². The molecule has 3 nitrogen and oxygen atoms in total. The van der Waals surface area contributed by atoms with E-state index in [0.29, 0.717) is 18.9 Å². The second-order valence-electron chi connectivity index (χ2n) is 11.1. The van der Waals surface area contributed by atoms with Gasteiger partial charge in [0.15, 0.2) is 5.78 Å². The molecule has 0 saturated carbocycles. The van der Waals surface area contributed by atoms with E-state index < -0.39 is 5.41 Å². The van der Waals surface area contributed by atoms with Gasteiger partial charge >= 0.3 is 0 Å². The first-order chi connectivity index (χ1) is 18.1. The third kappa shape index (κ3) is 4.26. The molecule has 4 aromatic rings. The number of ketones is 1. The van der Waals surface area contributed by atoms with E-state index in [2.05, 4.69) is 103 Å². The molecule has 1 aliphatic carbocycles. The molecule has 1 fully saturated rings. The normalized spacial score (nSPS) is 17.5. The fourth-order valence-electron chi connectivity index (χ4n) is 6.63. The second-order valence-corrected chi connectivity index (χ2v) is 11.1. The lowest BCUT2D eigenvalue weighted by atomic mass is 9.71. The third-order valence-electron chi connectivity index (χ3n) is 8.51. The van der Waals surface area contributed by atoms with E-state index in [4.69, 9.17) is 0 Å². The number of rotatable bonds is 6. The highest BCUT2D eigenvalue weighted by atomic mass is 16.1. The summed E-state index contributed by atoms with van der Waals surface area (Å²) in [4.78, 5) is 19.6. The Morgan fingerprint density at radius 3 is 2.05 bits per heavy atom. The fourth-order valence-corrected chi connectivity index (χ4v) is 6.63. The number of carbonyl (C=O) groups is 1. The molecule has 6 rings (SSSR count). The predicted molar refractivity (Wildman–Crippen MR) is 154 cm³/mol.